The average Bonchev–Trinajstić information content (AvgIpc) is 2.17. The van der Waals surface area contributed by atoms with E-state index in [4.69, 9.17) is 5.26 Å². The Hall–Kier alpha value is -0.860. The van der Waals surface area contributed by atoms with Gasteiger partial charge >= 0.3 is 0 Å². The Morgan fingerprint density at radius 1 is 1.50 bits per heavy atom. The van der Waals surface area contributed by atoms with E-state index in [1.165, 1.54) is 4.31 Å². The van der Waals surface area contributed by atoms with Crippen LogP contribution in [0.2, 0.25) is 0 Å². The highest BCUT2D eigenvalue weighted by atomic mass is 32.2. The monoisotopic (exact) mass is 216 g/mol. The number of nitrogens with zero attached hydrogens (tertiary/aromatic N) is 2. The van der Waals surface area contributed by atoms with Crippen LogP contribution >= 0.6 is 0 Å². The quantitative estimate of drug-likeness (QED) is 0.647. The van der Waals surface area contributed by atoms with Crippen LogP contribution < -0.4 is 0 Å². The molecule has 0 heterocycles. The van der Waals surface area contributed by atoms with E-state index in [1.54, 1.807) is 0 Å². The van der Waals surface area contributed by atoms with Crippen molar-refractivity contribution in [3.63, 3.8) is 0 Å². The standard InChI is InChI=1S/C9H16N2O2S/c1-3-5-8-11(9-6-7-10)14(12,13)4-2/h4H,2-3,5-6,8-9H2,1H3. The molecule has 0 bridgehead atoms. The van der Waals surface area contributed by atoms with Crippen LogP contribution in [0.5, 0.6) is 0 Å². The van der Waals surface area contributed by atoms with Crippen LogP contribution in [0.15, 0.2) is 12.0 Å². The van der Waals surface area contributed by atoms with Gasteiger partial charge in [-0.3, -0.25) is 0 Å². The molecule has 0 spiro atoms. The van der Waals surface area contributed by atoms with Crippen molar-refractivity contribution in [2.45, 2.75) is 26.2 Å². The lowest BCUT2D eigenvalue weighted by atomic mass is 10.3. The minimum absolute atomic E-state index is 0.219. The number of hydrogen-bond acceptors (Lipinski definition) is 3. The van der Waals surface area contributed by atoms with Crippen molar-refractivity contribution in [1.29, 1.82) is 5.26 Å². The molecule has 0 N–H and O–H groups in total. The summed E-state index contributed by atoms with van der Waals surface area (Å²) in [4.78, 5) is 0. The second-order valence-corrected chi connectivity index (χ2v) is 4.75. The molecule has 0 aliphatic rings. The van der Waals surface area contributed by atoms with E-state index in [2.05, 4.69) is 6.58 Å². The molecule has 14 heavy (non-hydrogen) atoms. The van der Waals surface area contributed by atoms with Gasteiger partial charge in [-0.2, -0.15) is 9.57 Å². The number of rotatable bonds is 7. The van der Waals surface area contributed by atoms with Gasteiger partial charge in [0.2, 0.25) is 10.0 Å². The van der Waals surface area contributed by atoms with Crippen LogP contribution in [0, 0.1) is 11.3 Å². The summed E-state index contributed by atoms with van der Waals surface area (Å²) in [5, 5.41) is 9.31. The largest absolute Gasteiger partial charge is 0.235 e. The van der Waals surface area contributed by atoms with E-state index in [9.17, 15) is 8.42 Å². The van der Waals surface area contributed by atoms with Crippen LogP contribution in [-0.2, 0) is 10.0 Å². The predicted molar refractivity (Wildman–Crippen MR) is 55.8 cm³/mol. The number of nitriles is 1. The van der Waals surface area contributed by atoms with Gasteiger partial charge in [0.15, 0.2) is 0 Å². The fraction of sp³-hybridized carbons (Fsp3) is 0.667. The first-order chi connectivity index (χ1) is 6.58. The van der Waals surface area contributed by atoms with Crippen molar-refractivity contribution < 1.29 is 8.42 Å². The molecule has 0 aliphatic heterocycles. The molecule has 0 amide bonds. The molecule has 80 valence electrons. The van der Waals surface area contributed by atoms with Gasteiger partial charge in [0.1, 0.15) is 0 Å². The first-order valence-corrected chi connectivity index (χ1v) is 6.08. The van der Waals surface area contributed by atoms with E-state index in [0.717, 1.165) is 18.2 Å². The molecule has 0 fully saturated rings. The number of unbranched alkanes of at least 4 members (excludes halogenated alkanes) is 1. The Morgan fingerprint density at radius 3 is 2.57 bits per heavy atom. The second kappa shape index (κ2) is 6.57. The van der Waals surface area contributed by atoms with Gasteiger partial charge in [-0.05, 0) is 6.42 Å². The maximum atomic E-state index is 11.4. The molecule has 0 atom stereocenters. The van der Waals surface area contributed by atoms with Gasteiger partial charge in [-0.25, -0.2) is 8.42 Å². The Labute approximate surface area is 85.9 Å². The normalized spacial score (nSPS) is 11.2. The third-order valence-electron chi connectivity index (χ3n) is 1.80. The van der Waals surface area contributed by atoms with Crippen molar-refractivity contribution in [2.75, 3.05) is 13.1 Å². The van der Waals surface area contributed by atoms with Crippen LogP contribution in [0.25, 0.3) is 0 Å². The maximum absolute atomic E-state index is 11.4. The molecule has 5 heteroatoms. The molecule has 0 radical (unpaired) electrons. The summed E-state index contributed by atoms with van der Waals surface area (Å²) < 4.78 is 24.1. The summed E-state index contributed by atoms with van der Waals surface area (Å²) in [5.74, 6) is 0. The minimum Gasteiger partial charge on any atom is -0.208 e. The average molecular weight is 216 g/mol. The Balaban J connectivity index is 4.40. The van der Waals surface area contributed by atoms with Crippen molar-refractivity contribution in [1.82, 2.24) is 4.31 Å². The summed E-state index contributed by atoms with van der Waals surface area (Å²) >= 11 is 0. The molecular weight excluding hydrogens is 200 g/mol. The Morgan fingerprint density at radius 2 is 2.14 bits per heavy atom. The van der Waals surface area contributed by atoms with E-state index < -0.39 is 10.0 Å². The fourth-order valence-electron chi connectivity index (χ4n) is 0.981. The summed E-state index contributed by atoms with van der Waals surface area (Å²) in [6.45, 7) is 5.97. The Bertz CT molecular complexity index is 303. The van der Waals surface area contributed by atoms with Gasteiger partial charge in [-0.15, -0.1) is 0 Å². The summed E-state index contributed by atoms with van der Waals surface area (Å²) in [6.07, 6.45) is 1.95. The Kier molecular flexibility index (Phi) is 6.17. The summed E-state index contributed by atoms with van der Waals surface area (Å²) in [5.41, 5.74) is 0. The van der Waals surface area contributed by atoms with Gasteiger partial charge in [0, 0.05) is 24.9 Å². The molecule has 0 aromatic heterocycles. The first-order valence-electron chi connectivity index (χ1n) is 4.58. The molecule has 0 saturated heterocycles. The highest BCUT2D eigenvalue weighted by Crippen LogP contribution is 2.05. The van der Waals surface area contributed by atoms with E-state index in [0.29, 0.717) is 6.54 Å². The number of sulfonamides is 1. The zero-order valence-electron chi connectivity index (χ0n) is 8.44. The molecule has 0 aromatic carbocycles. The molecule has 0 aromatic rings. The molecule has 4 nitrogen and oxygen atoms in total. The molecule has 0 unspecified atom stereocenters. The molecule has 0 rings (SSSR count). The van der Waals surface area contributed by atoms with E-state index in [-0.39, 0.29) is 13.0 Å². The predicted octanol–water partition coefficient (Wildman–Crippen LogP) is 1.48. The van der Waals surface area contributed by atoms with Gasteiger partial charge < -0.3 is 0 Å². The highest BCUT2D eigenvalue weighted by Gasteiger charge is 2.16. The van der Waals surface area contributed by atoms with Crippen molar-refractivity contribution >= 4 is 10.0 Å². The van der Waals surface area contributed by atoms with Crippen LogP contribution in [0.3, 0.4) is 0 Å². The zero-order chi connectivity index (χ0) is 11.0. The summed E-state index contributed by atoms with van der Waals surface area (Å²) in [6, 6.07) is 1.93. The fourth-order valence-corrected chi connectivity index (χ4v) is 1.92. The third-order valence-corrected chi connectivity index (χ3v) is 3.31. The maximum Gasteiger partial charge on any atom is 0.235 e. The SMILES string of the molecule is C=CS(=O)(=O)N(CCC#N)CCCC. The van der Waals surface area contributed by atoms with Gasteiger partial charge in [0.05, 0.1) is 6.07 Å². The third kappa shape index (κ3) is 4.40. The van der Waals surface area contributed by atoms with Crippen LogP contribution in [-0.4, -0.2) is 25.8 Å². The zero-order valence-corrected chi connectivity index (χ0v) is 9.26. The van der Waals surface area contributed by atoms with Crippen LogP contribution in [0.1, 0.15) is 26.2 Å². The number of hydrogen-bond donors (Lipinski definition) is 0. The molecular formula is C9H16N2O2S. The lowest BCUT2D eigenvalue weighted by Crippen LogP contribution is -2.31. The smallest absolute Gasteiger partial charge is 0.208 e. The lowest BCUT2D eigenvalue weighted by molar-refractivity contribution is 0.415. The second-order valence-electron chi connectivity index (χ2n) is 2.87. The van der Waals surface area contributed by atoms with E-state index in [1.807, 2.05) is 13.0 Å². The van der Waals surface area contributed by atoms with Crippen molar-refractivity contribution in [2.24, 2.45) is 0 Å². The topological polar surface area (TPSA) is 61.2 Å². The van der Waals surface area contributed by atoms with Crippen LogP contribution in [0.4, 0.5) is 0 Å². The van der Waals surface area contributed by atoms with Gasteiger partial charge in [-0.1, -0.05) is 19.9 Å². The lowest BCUT2D eigenvalue weighted by Gasteiger charge is -2.18. The van der Waals surface area contributed by atoms with Crippen molar-refractivity contribution in [3.05, 3.63) is 12.0 Å². The molecule has 0 saturated carbocycles. The van der Waals surface area contributed by atoms with Crippen molar-refractivity contribution in [3.8, 4) is 6.07 Å². The van der Waals surface area contributed by atoms with E-state index >= 15 is 0 Å². The first kappa shape index (κ1) is 13.1. The minimum atomic E-state index is -3.36. The van der Waals surface area contributed by atoms with Gasteiger partial charge in [0.25, 0.3) is 0 Å². The molecule has 0 aliphatic carbocycles. The highest BCUT2D eigenvalue weighted by molar-refractivity contribution is 7.92. The summed E-state index contributed by atoms with van der Waals surface area (Å²) in [7, 11) is -3.36.